The largest absolute Gasteiger partial charge is 0.465 e. The first kappa shape index (κ1) is 33.5. The average Bonchev–Trinajstić information content (AvgIpc) is 3.97. The van der Waals surface area contributed by atoms with Gasteiger partial charge in [0.25, 0.3) is 5.92 Å². The van der Waals surface area contributed by atoms with Gasteiger partial charge in [-0.2, -0.15) is 8.78 Å². The third kappa shape index (κ3) is 5.62. The number of carboxylic acid groups (broad SMARTS) is 1. The maximum atomic E-state index is 16.3. The molecule has 274 valence electrons. The standard InChI is InChI=1S/C39H38F2N6O6/c1-37(2,3)53-36(50)46-12-4-5-31(46)33-42-19-30(45-33)23-7-10-25-24-9-6-21(15-26(24)39(40,41)27(25)16-23)22-8-11-28-29(17-22)44-34(43-28)32-18-38(51-13-14-52-38)20-47(32)35(48)49/h6-11,15-17,19,31-32H,4-5,12-14,18,20H2,1-3H3,(H,42,45)(H,43,44)(H,48,49)/t31-,32-/m0/s1. The van der Waals surface area contributed by atoms with E-state index in [1.807, 2.05) is 45.0 Å². The van der Waals surface area contributed by atoms with Gasteiger partial charge in [0.1, 0.15) is 17.2 Å². The molecule has 1 spiro atoms. The van der Waals surface area contributed by atoms with E-state index in [9.17, 15) is 14.7 Å². The van der Waals surface area contributed by atoms with E-state index in [2.05, 4.69) is 19.9 Å². The molecule has 0 radical (unpaired) electrons. The number of carbonyl (C=O) groups is 2. The third-order valence-electron chi connectivity index (χ3n) is 10.6. The number of amides is 2. The van der Waals surface area contributed by atoms with Gasteiger partial charge >= 0.3 is 12.2 Å². The number of halogens is 2. The molecule has 9 rings (SSSR count). The van der Waals surface area contributed by atoms with Crippen molar-refractivity contribution in [2.24, 2.45) is 0 Å². The molecule has 0 bridgehead atoms. The van der Waals surface area contributed by atoms with Crippen LogP contribution >= 0.6 is 0 Å². The van der Waals surface area contributed by atoms with Gasteiger partial charge < -0.3 is 29.3 Å². The minimum absolute atomic E-state index is 0.0817. The summed E-state index contributed by atoms with van der Waals surface area (Å²) < 4.78 is 49.8. The lowest BCUT2D eigenvalue weighted by Gasteiger charge is -2.27. The molecule has 2 amide bonds. The normalized spacial score (nSPS) is 21.5. The number of hydrogen-bond acceptors (Lipinski definition) is 7. The van der Waals surface area contributed by atoms with Crippen LogP contribution in [0.5, 0.6) is 0 Å². The lowest BCUT2D eigenvalue weighted by molar-refractivity contribution is -0.144. The van der Waals surface area contributed by atoms with E-state index >= 15 is 8.78 Å². The van der Waals surface area contributed by atoms with E-state index in [1.54, 1.807) is 29.3 Å². The number of carbonyl (C=O) groups excluding carboxylic acids is 1. The van der Waals surface area contributed by atoms with Gasteiger partial charge in [-0.05, 0) is 80.1 Å². The zero-order valence-corrected chi connectivity index (χ0v) is 29.4. The Kier molecular flexibility index (Phi) is 7.48. The van der Waals surface area contributed by atoms with E-state index in [1.165, 1.54) is 17.0 Å². The molecule has 5 heterocycles. The highest BCUT2D eigenvalue weighted by Gasteiger charge is 2.52. The second-order valence-electron chi connectivity index (χ2n) is 15.2. The molecule has 2 aromatic heterocycles. The van der Waals surface area contributed by atoms with Crippen LogP contribution < -0.4 is 0 Å². The van der Waals surface area contributed by atoms with Crippen molar-refractivity contribution >= 4 is 23.2 Å². The van der Waals surface area contributed by atoms with Gasteiger partial charge in [-0.3, -0.25) is 9.80 Å². The topological polar surface area (TPSA) is 146 Å². The summed E-state index contributed by atoms with van der Waals surface area (Å²) in [5.74, 6) is -3.18. The summed E-state index contributed by atoms with van der Waals surface area (Å²) >= 11 is 0. The molecule has 2 atom stereocenters. The highest BCUT2D eigenvalue weighted by Crippen LogP contribution is 2.53. The lowest BCUT2D eigenvalue weighted by atomic mass is 9.98. The van der Waals surface area contributed by atoms with Crippen LogP contribution in [0.4, 0.5) is 18.4 Å². The Balaban J connectivity index is 0.975. The number of aromatic nitrogens is 4. The number of imidazole rings is 2. The minimum atomic E-state index is -3.26. The number of benzene rings is 3. The zero-order valence-electron chi connectivity index (χ0n) is 29.4. The molecule has 3 aliphatic heterocycles. The van der Waals surface area contributed by atoms with Crippen LogP contribution in [-0.4, -0.2) is 84.7 Å². The van der Waals surface area contributed by atoms with Crippen molar-refractivity contribution in [1.82, 2.24) is 29.7 Å². The van der Waals surface area contributed by atoms with Crippen LogP contribution in [-0.2, 0) is 20.1 Å². The van der Waals surface area contributed by atoms with E-state index in [4.69, 9.17) is 14.2 Å². The fourth-order valence-electron chi connectivity index (χ4n) is 8.17. The predicted octanol–water partition coefficient (Wildman–Crippen LogP) is 7.98. The smallest absolute Gasteiger partial charge is 0.410 e. The van der Waals surface area contributed by atoms with Crippen LogP contribution in [0.25, 0.3) is 44.5 Å². The number of aromatic amines is 2. The number of nitrogens with one attached hydrogen (secondary N) is 2. The summed E-state index contributed by atoms with van der Waals surface area (Å²) in [4.78, 5) is 43.7. The SMILES string of the molecule is CC(C)(C)OC(=O)N1CCC[C@H]1c1ncc(-c2ccc3c(c2)C(F)(F)c2cc(-c4ccc5nc([C@@H]6CC7(CN6C(=O)O)OCCO7)[nH]c5c4)ccc2-3)[nH]1. The van der Waals surface area contributed by atoms with E-state index in [0.29, 0.717) is 82.4 Å². The van der Waals surface area contributed by atoms with Crippen LogP contribution in [0, 0.1) is 0 Å². The first-order chi connectivity index (χ1) is 25.3. The summed E-state index contributed by atoms with van der Waals surface area (Å²) in [7, 11) is 0. The Morgan fingerprint density at radius 2 is 1.58 bits per heavy atom. The van der Waals surface area contributed by atoms with Gasteiger partial charge in [0.05, 0.1) is 54.8 Å². The molecular formula is C39H38F2N6O6. The van der Waals surface area contributed by atoms with Crippen LogP contribution in [0.2, 0.25) is 0 Å². The maximum absolute atomic E-state index is 16.3. The molecule has 14 heteroatoms. The van der Waals surface area contributed by atoms with Crippen molar-refractivity contribution in [2.75, 3.05) is 26.3 Å². The number of rotatable bonds is 4. The Hall–Kier alpha value is -5.34. The Labute approximate surface area is 303 Å². The zero-order chi connectivity index (χ0) is 36.9. The third-order valence-corrected chi connectivity index (χ3v) is 10.6. The molecule has 3 fully saturated rings. The Morgan fingerprint density at radius 1 is 0.906 bits per heavy atom. The number of hydrogen-bond donors (Lipinski definition) is 3. The van der Waals surface area contributed by atoms with Crippen molar-refractivity contribution in [1.29, 1.82) is 0 Å². The number of H-pyrrole nitrogens is 2. The van der Waals surface area contributed by atoms with Gasteiger partial charge in [-0.25, -0.2) is 19.6 Å². The van der Waals surface area contributed by atoms with E-state index in [-0.39, 0.29) is 23.7 Å². The number of likely N-dealkylation sites (tertiary alicyclic amines) is 2. The lowest BCUT2D eigenvalue weighted by Crippen LogP contribution is -2.36. The number of fused-ring (bicyclic) bond motifs is 4. The Bertz CT molecular complexity index is 2290. The maximum Gasteiger partial charge on any atom is 0.410 e. The molecule has 53 heavy (non-hydrogen) atoms. The predicted molar refractivity (Wildman–Crippen MR) is 189 cm³/mol. The molecule has 3 N–H and O–H groups in total. The molecule has 12 nitrogen and oxygen atoms in total. The van der Waals surface area contributed by atoms with E-state index < -0.39 is 35.5 Å². The van der Waals surface area contributed by atoms with E-state index in [0.717, 1.165) is 12.8 Å². The number of alkyl halides is 2. The van der Waals surface area contributed by atoms with Gasteiger partial charge in [-0.15, -0.1) is 0 Å². The summed E-state index contributed by atoms with van der Waals surface area (Å²) in [6.07, 6.45) is 1.96. The number of nitrogens with zero attached hydrogens (tertiary/aromatic N) is 4. The quantitative estimate of drug-likeness (QED) is 0.169. The molecule has 5 aromatic rings. The van der Waals surface area contributed by atoms with Crippen molar-refractivity contribution < 1.29 is 37.7 Å². The monoisotopic (exact) mass is 724 g/mol. The molecule has 0 unspecified atom stereocenters. The highest BCUT2D eigenvalue weighted by molar-refractivity contribution is 5.87. The fourth-order valence-corrected chi connectivity index (χ4v) is 8.17. The minimum Gasteiger partial charge on any atom is -0.465 e. The average molecular weight is 725 g/mol. The van der Waals surface area contributed by atoms with Gasteiger partial charge in [0.2, 0.25) is 0 Å². The molecule has 3 aromatic carbocycles. The van der Waals surface area contributed by atoms with Gasteiger partial charge in [-0.1, -0.05) is 30.3 Å². The van der Waals surface area contributed by atoms with Crippen molar-refractivity contribution in [3.8, 4) is 33.5 Å². The van der Waals surface area contributed by atoms with Crippen molar-refractivity contribution in [3.63, 3.8) is 0 Å². The number of ether oxygens (including phenoxy) is 3. The second-order valence-corrected chi connectivity index (χ2v) is 15.2. The summed E-state index contributed by atoms with van der Waals surface area (Å²) in [6, 6.07) is 14.7. The van der Waals surface area contributed by atoms with Crippen molar-refractivity contribution in [3.05, 3.63) is 83.6 Å². The molecule has 0 saturated carbocycles. The highest BCUT2D eigenvalue weighted by atomic mass is 19.3. The van der Waals surface area contributed by atoms with Gasteiger partial charge in [0, 0.05) is 29.7 Å². The summed E-state index contributed by atoms with van der Waals surface area (Å²) in [6.45, 7) is 6.91. The second kappa shape index (κ2) is 11.8. The Morgan fingerprint density at radius 3 is 2.30 bits per heavy atom. The molecule has 1 aliphatic carbocycles. The molecular weight excluding hydrogens is 686 g/mol. The summed E-state index contributed by atoms with van der Waals surface area (Å²) in [5, 5.41) is 9.90. The van der Waals surface area contributed by atoms with Crippen LogP contribution in [0.3, 0.4) is 0 Å². The first-order valence-electron chi connectivity index (χ1n) is 17.8. The molecule has 3 saturated heterocycles. The van der Waals surface area contributed by atoms with Crippen LogP contribution in [0.1, 0.15) is 74.9 Å². The van der Waals surface area contributed by atoms with Crippen molar-refractivity contribution in [2.45, 2.75) is 69.4 Å². The first-order valence-corrected chi connectivity index (χ1v) is 17.8. The fraction of sp³-hybridized carbons (Fsp3) is 0.385. The van der Waals surface area contributed by atoms with Crippen LogP contribution in [0.15, 0.2) is 60.8 Å². The van der Waals surface area contributed by atoms with Gasteiger partial charge in [0.15, 0.2) is 5.79 Å². The molecule has 4 aliphatic rings. The summed E-state index contributed by atoms with van der Waals surface area (Å²) in [5.41, 5.74) is 3.89.